The number of cyclic esters (lactones) is 2. The largest absolute Gasteiger partial charge is 0.481 e. The van der Waals surface area contributed by atoms with Crippen LogP contribution in [-0.4, -0.2) is 69.9 Å². The molecule has 9 nitrogen and oxygen atoms in total. The van der Waals surface area contributed by atoms with E-state index in [1.807, 2.05) is 0 Å². The van der Waals surface area contributed by atoms with Crippen molar-refractivity contribution in [3.63, 3.8) is 0 Å². The molecule has 226 valence electrons. The highest BCUT2D eigenvalue weighted by Gasteiger charge is 2.28. The Kier molecular flexibility index (Phi) is 22.3. The van der Waals surface area contributed by atoms with Crippen LogP contribution < -0.4 is 0 Å². The summed E-state index contributed by atoms with van der Waals surface area (Å²) in [5.74, 6) is -1.77. The molecule has 0 saturated heterocycles. The average Bonchev–Trinajstić information content (AvgIpc) is 3.26. The molecule has 5 N–H and O–H groups in total. The van der Waals surface area contributed by atoms with E-state index in [2.05, 4.69) is 36.0 Å². The molecule has 2 rings (SSSR count). The Hall–Kier alpha value is -2.85. The van der Waals surface area contributed by atoms with E-state index in [1.165, 1.54) is 44.9 Å². The average molecular weight is 565 g/mol. The van der Waals surface area contributed by atoms with Crippen LogP contribution in [0.5, 0.6) is 0 Å². The summed E-state index contributed by atoms with van der Waals surface area (Å²) >= 11 is 0. The van der Waals surface area contributed by atoms with E-state index in [-0.39, 0.29) is 0 Å². The van der Waals surface area contributed by atoms with E-state index >= 15 is 0 Å². The highest BCUT2D eigenvalue weighted by Crippen LogP contribution is 2.18. The summed E-state index contributed by atoms with van der Waals surface area (Å²) in [5, 5.41) is 42.5. The molecule has 0 fully saturated rings. The van der Waals surface area contributed by atoms with Gasteiger partial charge in [-0.05, 0) is 50.7 Å². The van der Waals surface area contributed by atoms with Gasteiger partial charge in [0.25, 0.3) is 0 Å². The van der Waals surface area contributed by atoms with E-state index in [9.17, 15) is 14.4 Å². The third-order valence-corrected chi connectivity index (χ3v) is 6.24. The van der Waals surface area contributed by atoms with Crippen LogP contribution in [0, 0.1) is 5.41 Å². The first-order valence-electron chi connectivity index (χ1n) is 14.1. The first-order chi connectivity index (χ1) is 19.3. The van der Waals surface area contributed by atoms with Crippen molar-refractivity contribution >= 4 is 17.9 Å². The van der Waals surface area contributed by atoms with Crippen molar-refractivity contribution in [1.82, 2.24) is 0 Å². The number of benzene rings is 1. The quantitative estimate of drug-likeness (QED) is 0.0728. The number of hydrogen-bond donors (Lipinski definition) is 5. The number of esters is 2. The maximum atomic E-state index is 10.8. The Balaban J connectivity index is 0.000000633. The molecule has 0 amide bonds. The minimum Gasteiger partial charge on any atom is -0.481 e. The van der Waals surface area contributed by atoms with Crippen LogP contribution in [0.1, 0.15) is 105 Å². The van der Waals surface area contributed by atoms with Crippen molar-refractivity contribution in [3.05, 3.63) is 59.7 Å². The minimum absolute atomic E-state index is 0.324. The predicted molar refractivity (Wildman–Crippen MR) is 154 cm³/mol. The summed E-state index contributed by atoms with van der Waals surface area (Å²) in [6.45, 7) is 0.610. The lowest BCUT2D eigenvalue weighted by Crippen LogP contribution is -2.37. The van der Waals surface area contributed by atoms with Gasteiger partial charge in [0.15, 0.2) is 0 Å². The fraction of sp³-hybridized carbons (Fsp3) is 0.581. The van der Waals surface area contributed by atoms with E-state index in [4.69, 9.17) is 25.5 Å². The van der Waals surface area contributed by atoms with Gasteiger partial charge in [-0.25, -0.2) is 9.59 Å². The number of unbranched alkanes of at least 4 members (excludes halogenated alkanes) is 8. The van der Waals surface area contributed by atoms with Gasteiger partial charge in [-0.2, -0.15) is 0 Å². The zero-order chi connectivity index (χ0) is 30.1. The molecule has 0 aliphatic carbocycles. The van der Waals surface area contributed by atoms with E-state index in [1.54, 1.807) is 24.3 Å². The number of aliphatic hydroxyl groups excluding tert-OH is 4. The number of aliphatic hydroxyl groups is 4. The van der Waals surface area contributed by atoms with E-state index in [0.29, 0.717) is 17.5 Å². The number of carboxylic acids is 1. The second-order valence-electron chi connectivity index (χ2n) is 9.73. The maximum absolute atomic E-state index is 10.8. The number of allylic oxidation sites excluding steroid dienone is 4. The molecule has 9 heteroatoms. The minimum atomic E-state index is -1.11. The second kappa shape index (κ2) is 24.0. The number of hydrogen-bond acceptors (Lipinski definition) is 8. The Morgan fingerprint density at radius 1 is 0.725 bits per heavy atom. The molecular formula is C31H48O9. The molecule has 0 saturated carbocycles. The first-order valence-corrected chi connectivity index (χ1v) is 14.1. The van der Waals surface area contributed by atoms with Crippen LogP contribution in [-0.2, 0) is 9.53 Å². The topological polar surface area (TPSA) is 162 Å². The zero-order valence-electron chi connectivity index (χ0n) is 23.8. The van der Waals surface area contributed by atoms with Gasteiger partial charge >= 0.3 is 17.9 Å². The molecule has 0 bridgehead atoms. The zero-order valence-corrected chi connectivity index (χ0v) is 23.8. The number of rotatable bonds is 18. The Morgan fingerprint density at radius 3 is 1.60 bits per heavy atom. The standard InChI is InChI=1S/C18H32O2.C8H4O3.C5H12O4/c1-2-3-4-5-6-7-8-9-10-11-12-13-14-15-16-17-18(19)20;9-7-5-3-1-2-4-6(5)8(10)11-7;6-1-5(2-7,3-8)4-9/h6-7,9-10H,2-5,8,11-17H2,1H3,(H,19,20);1-4H;6-9H,1-4H2/b7-6-,10-9-;;. The summed E-state index contributed by atoms with van der Waals surface area (Å²) in [4.78, 5) is 32.0. The lowest BCUT2D eigenvalue weighted by Gasteiger charge is -2.23. The smallest absolute Gasteiger partial charge is 0.346 e. The molecule has 1 aromatic rings. The molecule has 0 radical (unpaired) electrons. The van der Waals surface area contributed by atoms with Gasteiger partial charge in [0.05, 0.1) is 43.0 Å². The second-order valence-corrected chi connectivity index (χ2v) is 9.73. The lowest BCUT2D eigenvalue weighted by molar-refractivity contribution is -0.137. The summed E-state index contributed by atoms with van der Waals surface area (Å²) in [6, 6.07) is 6.53. The summed E-state index contributed by atoms with van der Waals surface area (Å²) in [7, 11) is 0. The number of carboxylic acid groups (broad SMARTS) is 1. The molecule has 0 spiro atoms. The van der Waals surface area contributed by atoms with E-state index < -0.39 is 49.8 Å². The van der Waals surface area contributed by atoms with Crippen molar-refractivity contribution in [2.45, 2.75) is 84.0 Å². The molecular weight excluding hydrogens is 516 g/mol. The van der Waals surface area contributed by atoms with Gasteiger partial charge in [-0.15, -0.1) is 0 Å². The van der Waals surface area contributed by atoms with Crippen LogP contribution in [0.3, 0.4) is 0 Å². The molecule has 0 atom stereocenters. The Morgan fingerprint density at radius 2 is 1.18 bits per heavy atom. The third-order valence-electron chi connectivity index (χ3n) is 6.24. The third kappa shape index (κ3) is 17.0. The molecule has 1 aromatic carbocycles. The molecule has 0 aromatic heterocycles. The SMILES string of the molecule is CCCCC/C=C\C/C=C\CCCCCCCC(=O)O.O=C1OC(=O)c2ccccc21.OCC(CO)(CO)CO. The van der Waals surface area contributed by atoms with Crippen molar-refractivity contribution < 1.29 is 44.7 Å². The lowest BCUT2D eigenvalue weighted by atomic mass is 9.93. The highest BCUT2D eigenvalue weighted by molar-refractivity contribution is 6.14. The number of aliphatic carboxylic acids is 1. The molecule has 0 unspecified atom stereocenters. The van der Waals surface area contributed by atoms with Crippen LogP contribution in [0.4, 0.5) is 0 Å². The first kappa shape index (κ1) is 37.1. The summed E-state index contributed by atoms with van der Waals surface area (Å²) < 4.78 is 4.35. The Bertz CT molecular complexity index is 838. The maximum Gasteiger partial charge on any atom is 0.346 e. The van der Waals surface area contributed by atoms with Gasteiger partial charge in [0, 0.05) is 6.42 Å². The fourth-order valence-corrected chi connectivity index (χ4v) is 3.42. The van der Waals surface area contributed by atoms with E-state index in [0.717, 1.165) is 25.7 Å². The summed E-state index contributed by atoms with van der Waals surface area (Å²) in [5.41, 5.74) is -0.394. The normalized spacial score (nSPS) is 12.5. The van der Waals surface area contributed by atoms with Gasteiger partial charge in [-0.3, -0.25) is 4.79 Å². The van der Waals surface area contributed by atoms with Crippen molar-refractivity contribution in [2.24, 2.45) is 5.41 Å². The fourth-order valence-electron chi connectivity index (χ4n) is 3.42. The molecule has 40 heavy (non-hydrogen) atoms. The van der Waals surface area contributed by atoms with Crippen molar-refractivity contribution in [1.29, 1.82) is 0 Å². The highest BCUT2D eigenvalue weighted by atomic mass is 16.6. The number of carbonyl (C=O) groups excluding carboxylic acids is 2. The van der Waals surface area contributed by atoms with Gasteiger partial charge in [-0.1, -0.05) is 75.5 Å². The molecule has 1 aliphatic heterocycles. The van der Waals surface area contributed by atoms with Crippen molar-refractivity contribution in [3.8, 4) is 0 Å². The summed E-state index contributed by atoms with van der Waals surface area (Å²) in [6.07, 6.45) is 22.3. The van der Waals surface area contributed by atoms with Crippen LogP contribution >= 0.6 is 0 Å². The number of fused-ring (bicyclic) bond motifs is 1. The predicted octanol–water partition coefficient (Wildman–Crippen LogP) is 4.82. The van der Waals surface area contributed by atoms with Gasteiger partial charge in [0.2, 0.25) is 0 Å². The molecule has 1 heterocycles. The van der Waals surface area contributed by atoms with Crippen LogP contribution in [0.15, 0.2) is 48.6 Å². The van der Waals surface area contributed by atoms with Crippen LogP contribution in [0.25, 0.3) is 0 Å². The Labute approximate surface area is 238 Å². The monoisotopic (exact) mass is 564 g/mol. The number of carbonyl (C=O) groups is 3. The molecule has 1 aliphatic rings. The van der Waals surface area contributed by atoms with Crippen molar-refractivity contribution in [2.75, 3.05) is 26.4 Å². The van der Waals surface area contributed by atoms with Crippen LogP contribution in [0.2, 0.25) is 0 Å². The van der Waals surface area contributed by atoms with Gasteiger partial charge in [0.1, 0.15) is 0 Å². The van der Waals surface area contributed by atoms with Gasteiger partial charge < -0.3 is 30.3 Å². The number of ether oxygens (including phenoxy) is 1.